The Balaban J connectivity index is 2.86. The smallest absolute Gasteiger partial charge is 0.348 e. The molecule has 0 spiro atoms. The van der Waals surface area contributed by atoms with E-state index < -0.39 is 5.97 Å². The zero-order chi connectivity index (χ0) is 8.97. The summed E-state index contributed by atoms with van der Waals surface area (Å²) in [5, 5.41) is 8.67. The molecule has 0 atom stereocenters. The van der Waals surface area contributed by atoms with E-state index in [4.69, 9.17) is 5.26 Å². The third kappa shape index (κ3) is 1.80. The number of carbonyl (C=O) groups is 1. The molecule has 0 N–H and O–H groups in total. The second kappa shape index (κ2) is 4.17. The Kier molecular flexibility index (Phi) is 3.18. The quantitative estimate of drug-likeness (QED) is 0.347. The van der Waals surface area contributed by atoms with Crippen LogP contribution in [0, 0.1) is 11.3 Å². The van der Waals surface area contributed by atoms with Crippen LogP contribution in [-0.4, -0.2) is 24.6 Å². The lowest BCUT2D eigenvalue weighted by Gasteiger charge is -1.99. The van der Waals surface area contributed by atoms with Gasteiger partial charge in [0.05, 0.1) is 7.11 Å². The van der Waals surface area contributed by atoms with Gasteiger partial charge in [-0.15, -0.1) is 0 Å². The second-order valence-corrected chi connectivity index (χ2v) is 3.49. The number of thioether (sulfide) groups is 1. The summed E-state index contributed by atoms with van der Waals surface area (Å²) in [5.74, 6) is 1.28. The topological polar surface area (TPSA) is 50.1 Å². The van der Waals surface area contributed by atoms with Gasteiger partial charge in [0.15, 0.2) is 0 Å². The van der Waals surface area contributed by atoms with Gasteiger partial charge in [-0.3, -0.25) is 0 Å². The monoisotopic (exact) mass is 183 g/mol. The van der Waals surface area contributed by atoms with Crippen molar-refractivity contribution in [2.45, 2.75) is 6.42 Å². The highest BCUT2D eigenvalue weighted by Gasteiger charge is 2.18. The van der Waals surface area contributed by atoms with E-state index in [9.17, 15) is 4.79 Å². The van der Waals surface area contributed by atoms with Crippen LogP contribution in [0.3, 0.4) is 0 Å². The molecule has 0 aromatic heterocycles. The van der Waals surface area contributed by atoms with Crippen LogP contribution < -0.4 is 0 Å². The van der Waals surface area contributed by atoms with Gasteiger partial charge < -0.3 is 4.74 Å². The lowest BCUT2D eigenvalue weighted by atomic mass is 10.1. The SMILES string of the molecule is COC(=O)/C(C#N)=C1/CCSC1. The molecule has 0 bridgehead atoms. The first-order valence-corrected chi connectivity index (χ1v) is 4.73. The largest absolute Gasteiger partial charge is 0.465 e. The van der Waals surface area contributed by atoms with Crippen LogP contribution in [0.25, 0.3) is 0 Å². The number of esters is 1. The van der Waals surface area contributed by atoms with Gasteiger partial charge in [0.1, 0.15) is 11.6 Å². The lowest BCUT2D eigenvalue weighted by Crippen LogP contribution is -2.06. The Hall–Kier alpha value is -0.950. The normalized spacial score (nSPS) is 20.0. The second-order valence-electron chi connectivity index (χ2n) is 2.38. The van der Waals surface area contributed by atoms with Crippen molar-refractivity contribution in [2.75, 3.05) is 18.6 Å². The van der Waals surface area contributed by atoms with Crippen LogP contribution in [0.4, 0.5) is 0 Å². The van der Waals surface area contributed by atoms with E-state index in [2.05, 4.69) is 4.74 Å². The molecule has 0 aromatic carbocycles. The molecule has 0 amide bonds. The molecule has 1 saturated heterocycles. The third-order valence-electron chi connectivity index (χ3n) is 1.68. The van der Waals surface area contributed by atoms with Crippen molar-refractivity contribution in [3.05, 3.63) is 11.1 Å². The van der Waals surface area contributed by atoms with Crippen molar-refractivity contribution < 1.29 is 9.53 Å². The minimum Gasteiger partial charge on any atom is -0.465 e. The van der Waals surface area contributed by atoms with Crippen molar-refractivity contribution in [2.24, 2.45) is 0 Å². The maximum Gasteiger partial charge on any atom is 0.348 e. The van der Waals surface area contributed by atoms with E-state index in [0.29, 0.717) is 0 Å². The average molecular weight is 183 g/mol. The van der Waals surface area contributed by atoms with E-state index in [1.165, 1.54) is 7.11 Å². The number of nitriles is 1. The highest BCUT2D eigenvalue weighted by atomic mass is 32.2. The fraction of sp³-hybridized carbons (Fsp3) is 0.500. The van der Waals surface area contributed by atoms with Crippen LogP contribution in [0.1, 0.15) is 6.42 Å². The van der Waals surface area contributed by atoms with E-state index in [0.717, 1.165) is 23.5 Å². The Morgan fingerprint density at radius 2 is 2.50 bits per heavy atom. The number of hydrogen-bond donors (Lipinski definition) is 0. The van der Waals surface area contributed by atoms with Crippen molar-refractivity contribution >= 4 is 17.7 Å². The standard InChI is InChI=1S/C8H9NO2S/c1-11-8(10)7(4-9)6-2-3-12-5-6/h2-3,5H2,1H3/b7-6-. The minimum absolute atomic E-state index is 0.197. The summed E-state index contributed by atoms with van der Waals surface area (Å²) in [6, 6.07) is 1.89. The molecule has 1 rings (SSSR count). The van der Waals surface area contributed by atoms with Crippen molar-refractivity contribution in [3.8, 4) is 6.07 Å². The maximum absolute atomic E-state index is 11.0. The van der Waals surface area contributed by atoms with Gasteiger partial charge in [-0.05, 0) is 17.7 Å². The Morgan fingerprint density at radius 1 is 1.75 bits per heavy atom. The molecule has 1 aliphatic rings. The molecular formula is C8H9NO2S. The molecule has 0 radical (unpaired) electrons. The van der Waals surface area contributed by atoms with Crippen LogP contribution in [0.2, 0.25) is 0 Å². The lowest BCUT2D eigenvalue weighted by molar-refractivity contribution is -0.135. The van der Waals surface area contributed by atoms with Gasteiger partial charge >= 0.3 is 5.97 Å². The first kappa shape index (κ1) is 9.14. The number of hydrogen-bond acceptors (Lipinski definition) is 4. The Morgan fingerprint density at radius 3 is 2.92 bits per heavy atom. The predicted octanol–water partition coefficient (Wildman–Crippen LogP) is 1.12. The highest BCUT2D eigenvalue weighted by Crippen LogP contribution is 2.25. The van der Waals surface area contributed by atoms with Crippen molar-refractivity contribution in [3.63, 3.8) is 0 Å². The molecule has 4 heteroatoms. The van der Waals surface area contributed by atoms with E-state index in [1.807, 2.05) is 6.07 Å². The zero-order valence-electron chi connectivity index (χ0n) is 6.79. The summed E-state index contributed by atoms with van der Waals surface area (Å²) in [5.41, 5.74) is 1.12. The molecule has 3 nitrogen and oxygen atoms in total. The molecule has 64 valence electrons. The minimum atomic E-state index is -0.505. The molecule has 1 aliphatic heterocycles. The molecule has 0 aromatic rings. The van der Waals surface area contributed by atoms with Gasteiger partial charge in [-0.25, -0.2) is 4.79 Å². The summed E-state index contributed by atoms with van der Waals surface area (Å²) in [4.78, 5) is 11.0. The van der Waals surface area contributed by atoms with Gasteiger partial charge in [0, 0.05) is 5.75 Å². The highest BCUT2D eigenvalue weighted by molar-refractivity contribution is 7.99. The number of carbonyl (C=O) groups excluding carboxylic acids is 1. The predicted molar refractivity (Wildman–Crippen MR) is 46.6 cm³/mol. The van der Waals surface area contributed by atoms with Gasteiger partial charge in [-0.1, -0.05) is 0 Å². The first-order valence-electron chi connectivity index (χ1n) is 3.57. The maximum atomic E-state index is 11.0. The molecule has 0 saturated carbocycles. The number of nitrogens with zero attached hydrogens (tertiary/aromatic N) is 1. The molecule has 0 unspecified atom stereocenters. The summed E-state index contributed by atoms with van der Waals surface area (Å²) in [7, 11) is 1.29. The van der Waals surface area contributed by atoms with Crippen LogP contribution in [0.15, 0.2) is 11.1 Å². The molecular weight excluding hydrogens is 174 g/mol. The van der Waals surface area contributed by atoms with Gasteiger partial charge in [-0.2, -0.15) is 17.0 Å². The number of rotatable bonds is 1. The Labute approximate surface area is 75.4 Å². The summed E-state index contributed by atoms with van der Waals surface area (Å²) in [6.45, 7) is 0. The molecule has 1 heterocycles. The van der Waals surface area contributed by atoms with Crippen LogP contribution >= 0.6 is 11.8 Å². The number of ether oxygens (including phenoxy) is 1. The summed E-state index contributed by atoms with van der Waals surface area (Å²) < 4.78 is 4.49. The zero-order valence-corrected chi connectivity index (χ0v) is 7.61. The van der Waals surface area contributed by atoms with Gasteiger partial charge in [0.25, 0.3) is 0 Å². The van der Waals surface area contributed by atoms with Crippen molar-refractivity contribution in [1.29, 1.82) is 5.26 Å². The Bertz CT molecular complexity index is 257. The van der Waals surface area contributed by atoms with E-state index >= 15 is 0 Å². The molecule has 12 heavy (non-hydrogen) atoms. The fourth-order valence-corrected chi connectivity index (χ4v) is 2.10. The fourth-order valence-electron chi connectivity index (χ4n) is 1.03. The van der Waals surface area contributed by atoms with Crippen LogP contribution in [-0.2, 0) is 9.53 Å². The third-order valence-corrected chi connectivity index (χ3v) is 2.72. The van der Waals surface area contributed by atoms with Gasteiger partial charge in [0.2, 0.25) is 0 Å². The average Bonchev–Trinajstić information content (AvgIpc) is 2.58. The first-order chi connectivity index (χ1) is 5.79. The van der Waals surface area contributed by atoms with Crippen LogP contribution in [0.5, 0.6) is 0 Å². The molecule has 0 aliphatic carbocycles. The molecule has 1 fully saturated rings. The number of methoxy groups -OCH3 is 1. The summed E-state index contributed by atoms with van der Waals surface area (Å²) in [6.07, 6.45) is 0.836. The van der Waals surface area contributed by atoms with Crippen molar-refractivity contribution in [1.82, 2.24) is 0 Å². The van der Waals surface area contributed by atoms with E-state index in [1.54, 1.807) is 11.8 Å². The van der Waals surface area contributed by atoms with E-state index in [-0.39, 0.29) is 5.57 Å². The summed E-state index contributed by atoms with van der Waals surface area (Å²) >= 11 is 1.74.